The summed E-state index contributed by atoms with van der Waals surface area (Å²) in [6, 6.07) is 7.92. The van der Waals surface area contributed by atoms with E-state index in [0.29, 0.717) is 12.1 Å². The Bertz CT molecular complexity index is 475. The number of carbonyl (C=O) groups is 1. The van der Waals surface area contributed by atoms with Gasteiger partial charge < -0.3 is 10.1 Å². The summed E-state index contributed by atoms with van der Waals surface area (Å²) in [7, 11) is 0. The lowest BCUT2D eigenvalue weighted by Crippen LogP contribution is -2.24. The molecule has 1 N–H and O–H groups in total. The number of alkyl carbamates (subject to hydrolysis) is 1. The molecule has 0 aliphatic carbocycles. The first kappa shape index (κ1) is 14.7. The van der Waals surface area contributed by atoms with Crippen molar-refractivity contribution in [1.82, 2.24) is 5.32 Å². The monoisotopic (exact) mass is 258 g/mol. The molecule has 19 heavy (non-hydrogen) atoms. The first-order valence-corrected chi connectivity index (χ1v) is 5.90. The second kappa shape index (κ2) is 7.87. The van der Waals surface area contributed by atoms with E-state index < -0.39 is 6.09 Å². The number of ether oxygens (including phenoxy) is 1. The van der Waals surface area contributed by atoms with Crippen LogP contribution >= 0.6 is 0 Å². The van der Waals surface area contributed by atoms with Gasteiger partial charge in [-0.1, -0.05) is 43.0 Å². The lowest BCUT2D eigenvalue weighted by Gasteiger charge is -2.07. The van der Waals surface area contributed by atoms with E-state index in [1.807, 2.05) is 31.2 Å². The molecule has 0 aliphatic heterocycles. The first-order valence-electron chi connectivity index (χ1n) is 5.90. The summed E-state index contributed by atoms with van der Waals surface area (Å²) in [5.74, 6) is 0. The largest absolute Gasteiger partial charge is 0.445 e. The SMILES string of the molecule is C=CN=CC(=C)COC(=O)NCc1ccc(C)cc1. The van der Waals surface area contributed by atoms with Crippen LogP contribution in [0, 0.1) is 6.92 Å². The third-order valence-electron chi connectivity index (χ3n) is 2.31. The van der Waals surface area contributed by atoms with Crippen molar-refractivity contribution in [2.45, 2.75) is 13.5 Å². The molecule has 0 heterocycles. The fourth-order valence-electron chi connectivity index (χ4n) is 1.28. The Morgan fingerprint density at radius 3 is 2.74 bits per heavy atom. The molecule has 100 valence electrons. The van der Waals surface area contributed by atoms with Crippen molar-refractivity contribution in [3.8, 4) is 0 Å². The van der Waals surface area contributed by atoms with Crippen molar-refractivity contribution in [1.29, 1.82) is 0 Å². The number of hydrogen-bond acceptors (Lipinski definition) is 3. The number of nitrogens with one attached hydrogen (secondary N) is 1. The Hall–Kier alpha value is -2.36. The topological polar surface area (TPSA) is 50.7 Å². The molecule has 0 unspecified atom stereocenters. The van der Waals surface area contributed by atoms with E-state index in [9.17, 15) is 4.79 Å². The highest BCUT2D eigenvalue weighted by Crippen LogP contribution is 2.02. The van der Waals surface area contributed by atoms with E-state index in [4.69, 9.17) is 4.74 Å². The number of aryl methyl sites for hydroxylation is 1. The van der Waals surface area contributed by atoms with Crippen LogP contribution in [0.25, 0.3) is 0 Å². The molecule has 0 saturated carbocycles. The second-order valence-electron chi connectivity index (χ2n) is 4.03. The van der Waals surface area contributed by atoms with E-state index in [0.717, 1.165) is 5.56 Å². The summed E-state index contributed by atoms with van der Waals surface area (Å²) in [4.78, 5) is 15.2. The summed E-state index contributed by atoms with van der Waals surface area (Å²) in [6.07, 6.45) is 2.41. The van der Waals surface area contributed by atoms with Gasteiger partial charge in [-0.15, -0.1) is 0 Å². The molecule has 0 aromatic heterocycles. The van der Waals surface area contributed by atoms with Crippen molar-refractivity contribution < 1.29 is 9.53 Å². The minimum Gasteiger partial charge on any atom is -0.445 e. The van der Waals surface area contributed by atoms with E-state index in [1.165, 1.54) is 18.0 Å². The lowest BCUT2D eigenvalue weighted by atomic mass is 10.1. The van der Waals surface area contributed by atoms with Gasteiger partial charge in [0.1, 0.15) is 6.61 Å². The highest BCUT2D eigenvalue weighted by molar-refractivity contribution is 5.79. The third kappa shape index (κ3) is 6.21. The van der Waals surface area contributed by atoms with Gasteiger partial charge in [-0.2, -0.15) is 0 Å². The maximum atomic E-state index is 11.4. The molecule has 1 amide bonds. The predicted octanol–water partition coefficient (Wildman–Crippen LogP) is 2.99. The van der Waals surface area contributed by atoms with Gasteiger partial charge in [-0.3, -0.25) is 4.99 Å². The Kier molecular flexibility index (Phi) is 6.09. The zero-order valence-corrected chi connectivity index (χ0v) is 11.1. The van der Waals surface area contributed by atoms with Crippen LogP contribution in [0.15, 0.2) is 54.2 Å². The summed E-state index contributed by atoms with van der Waals surface area (Å²) < 4.78 is 4.97. The van der Waals surface area contributed by atoms with Crippen molar-refractivity contribution in [3.63, 3.8) is 0 Å². The number of aliphatic imine (C=N–C) groups is 1. The maximum Gasteiger partial charge on any atom is 0.407 e. The number of amides is 1. The number of rotatable bonds is 6. The molecule has 0 saturated heterocycles. The average Bonchev–Trinajstić information content (AvgIpc) is 2.42. The van der Waals surface area contributed by atoms with Crippen LogP contribution < -0.4 is 5.32 Å². The number of benzene rings is 1. The summed E-state index contributed by atoms with van der Waals surface area (Å²) in [5.41, 5.74) is 2.81. The van der Waals surface area contributed by atoms with Gasteiger partial charge in [0.2, 0.25) is 0 Å². The fraction of sp³-hybridized carbons (Fsp3) is 0.200. The summed E-state index contributed by atoms with van der Waals surface area (Å²) in [5, 5.41) is 2.66. The van der Waals surface area contributed by atoms with Crippen LogP contribution in [0.2, 0.25) is 0 Å². The zero-order chi connectivity index (χ0) is 14.1. The number of carbonyl (C=O) groups excluding carboxylic acids is 1. The first-order chi connectivity index (χ1) is 9.11. The van der Waals surface area contributed by atoms with Gasteiger partial charge in [0.05, 0.1) is 0 Å². The molecule has 0 spiro atoms. The summed E-state index contributed by atoms with van der Waals surface area (Å²) in [6.45, 7) is 9.69. The van der Waals surface area contributed by atoms with Crippen LogP contribution in [0.4, 0.5) is 4.79 Å². The number of hydrogen-bond donors (Lipinski definition) is 1. The second-order valence-corrected chi connectivity index (χ2v) is 4.03. The molecule has 4 heteroatoms. The number of nitrogens with zero attached hydrogens (tertiary/aromatic N) is 1. The Labute approximate surface area is 113 Å². The van der Waals surface area contributed by atoms with Crippen LogP contribution in [-0.2, 0) is 11.3 Å². The smallest absolute Gasteiger partial charge is 0.407 e. The van der Waals surface area contributed by atoms with Gasteiger partial charge >= 0.3 is 6.09 Å². The van der Waals surface area contributed by atoms with Gasteiger partial charge in [0.25, 0.3) is 0 Å². The minimum atomic E-state index is -0.478. The molecule has 1 aromatic rings. The molecule has 0 bridgehead atoms. The fourth-order valence-corrected chi connectivity index (χ4v) is 1.28. The minimum absolute atomic E-state index is 0.108. The lowest BCUT2D eigenvalue weighted by molar-refractivity contribution is 0.156. The van der Waals surface area contributed by atoms with Gasteiger partial charge in [0, 0.05) is 24.5 Å². The quantitative estimate of drug-likeness (QED) is 0.797. The highest BCUT2D eigenvalue weighted by atomic mass is 16.5. The van der Waals surface area contributed by atoms with Crippen molar-refractivity contribution in [3.05, 3.63) is 60.3 Å². The van der Waals surface area contributed by atoms with Crippen LogP contribution in [-0.4, -0.2) is 18.9 Å². The maximum absolute atomic E-state index is 11.4. The van der Waals surface area contributed by atoms with Crippen molar-refractivity contribution >= 4 is 12.3 Å². The molecular weight excluding hydrogens is 240 g/mol. The average molecular weight is 258 g/mol. The Morgan fingerprint density at radius 1 is 1.42 bits per heavy atom. The molecule has 0 radical (unpaired) electrons. The molecule has 0 aliphatic rings. The molecule has 0 atom stereocenters. The van der Waals surface area contributed by atoms with Gasteiger partial charge in [0.15, 0.2) is 0 Å². The third-order valence-corrected chi connectivity index (χ3v) is 2.31. The van der Waals surface area contributed by atoms with Gasteiger partial charge in [-0.25, -0.2) is 4.79 Å². The van der Waals surface area contributed by atoms with Crippen LogP contribution in [0.1, 0.15) is 11.1 Å². The predicted molar refractivity (Wildman–Crippen MR) is 77.2 cm³/mol. The van der Waals surface area contributed by atoms with Crippen LogP contribution in [0.5, 0.6) is 0 Å². The normalized spacial score (nSPS) is 10.2. The Balaban J connectivity index is 2.28. The highest BCUT2D eigenvalue weighted by Gasteiger charge is 2.02. The van der Waals surface area contributed by atoms with E-state index in [1.54, 1.807) is 0 Å². The molecule has 4 nitrogen and oxygen atoms in total. The molecule has 0 fully saturated rings. The molecular formula is C15H18N2O2. The summed E-state index contributed by atoms with van der Waals surface area (Å²) >= 11 is 0. The van der Waals surface area contributed by atoms with E-state index in [-0.39, 0.29) is 6.61 Å². The van der Waals surface area contributed by atoms with Crippen molar-refractivity contribution in [2.75, 3.05) is 6.61 Å². The zero-order valence-electron chi connectivity index (χ0n) is 11.1. The van der Waals surface area contributed by atoms with E-state index >= 15 is 0 Å². The Morgan fingerprint density at radius 2 is 2.11 bits per heavy atom. The molecule has 1 rings (SSSR count). The van der Waals surface area contributed by atoms with Crippen molar-refractivity contribution in [2.24, 2.45) is 4.99 Å². The molecule has 1 aromatic carbocycles. The van der Waals surface area contributed by atoms with Gasteiger partial charge in [-0.05, 0) is 12.5 Å². The van der Waals surface area contributed by atoms with E-state index in [2.05, 4.69) is 23.5 Å². The van der Waals surface area contributed by atoms with Crippen LogP contribution in [0.3, 0.4) is 0 Å². The standard InChI is InChI=1S/C15H18N2O2/c1-4-16-9-13(3)11-19-15(18)17-10-14-7-5-12(2)6-8-14/h4-9H,1,3,10-11H2,2H3,(H,17,18).